The highest BCUT2D eigenvalue weighted by Gasteiger charge is 2.57. The molecule has 4 saturated heterocycles. The maximum absolute atomic E-state index is 14.4. The number of hydrogen-bond acceptors (Lipinski definition) is 18. The molecule has 1 aliphatic carbocycles. The number of nitrogens with one attached hydrogen (secondary N) is 1. The molecule has 5 fully saturated rings. The molecule has 0 aromatic heterocycles. The van der Waals surface area contributed by atoms with Crippen molar-refractivity contribution < 1.29 is 86.0 Å². The van der Waals surface area contributed by atoms with Crippen LogP contribution in [0, 0.1) is 41.4 Å². The van der Waals surface area contributed by atoms with Crippen LogP contribution in [0.5, 0.6) is 0 Å². The predicted octanol–water partition coefficient (Wildman–Crippen LogP) is 3.74. The number of rotatable bonds is 7. The lowest BCUT2D eigenvalue weighted by molar-refractivity contribution is -0.263. The minimum atomic E-state index is -3.79. The van der Waals surface area contributed by atoms with Crippen molar-refractivity contribution in [1.82, 2.24) is 9.62 Å². The van der Waals surface area contributed by atoms with E-state index in [-0.39, 0.29) is 67.0 Å². The molecule has 5 aliphatic heterocycles. The fraction of sp³-hybridized carbons (Fsp3) is 0.750. The number of allylic oxidation sites excluding steroid dienone is 7. The third-order valence-electron chi connectivity index (χ3n) is 15.9. The summed E-state index contributed by atoms with van der Waals surface area (Å²) in [5.41, 5.74) is 1.49. The number of nitrogens with two attached hydrogens (primary N) is 1. The summed E-state index contributed by atoms with van der Waals surface area (Å²) in [6.07, 6.45) is 15.0. The van der Waals surface area contributed by atoms with Gasteiger partial charge in [0.1, 0.15) is 30.1 Å². The molecule has 0 radical (unpaired) electrons. The summed E-state index contributed by atoms with van der Waals surface area (Å²) >= 11 is 0. The molecule has 5 heterocycles. The van der Waals surface area contributed by atoms with Crippen LogP contribution < -0.4 is 9.86 Å². The molecule has 21 nitrogen and oxygen atoms in total. The Balaban J connectivity index is 0.000000930. The van der Waals surface area contributed by atoms with Crippen molar-refractivity contribution in [3.8, 4) is 0 Å². The summed E-state index contributed by atoms with van der Waals surface area (Å²) in [5.74, 6) is -7.80. The number of ether oxygens (including phenoxy) is 6. The number of fused-ring (bicyclic) bond motifs is 4. The Morgan fingerprint density at radius 3 is 2.15 bits per heavy atom. The molecule has 0 aromatic carbocycles. The Kier molecular flexibility index (Phi) is 28.9. The van der Waals surface area contributed by atoms with Crippen molar-refractivity contribution >= 4 is 45.8 Å². The molecule has 78 heavy (non-hydrogen) atoms. The normalized spacial score (nSPS) is 38.0. The van der Waals surface area contributed by atoms with Crippen LogP contribution in [0.4, 0.5) is 0 Å². The van der Waals surface area contributed by atoms with Gasteiger partial charge in [-0.25, -0.2) is 14.7 Å². The van der Waals surface area contributed by atoms with Gasteiger partial charge in [0.25, 0.3) is 21.9 Å². The Hall–Kier alpha value is -4.07. The van der Waals surface area contributed by atoms with Gasteiger partial charge in [-0.15, -0.1) is 0 Å². The molecule has 444 valence electrons. The smallest absolute Gasteiger partial charge is 0.329 e. The zero-order valence-corrected chi connectivity index (χ0v) is 48.3. The molecular weight excluding hydrogens is 1030 g/mol. The van der Waals surface area contributed by atoms with E-state index in [0.717, 1.165) is 38.6 Å². The van der Waals surface area contributed by atoms with Crippen molar-refractivity contribution in [2.75, 3.05) is 48.2 Å². The number of nitrogens with zero attached hydrogens (tertiary/aromatic N) is 1. The summed E-state index contributed by atoms with van der Waals surface area (Å²) in [4.78, 5) is 81.2. The molecule has 0 spiro atoms. The van der Waals surface area contributed by atoms with Crippen LogP contribution in [-0.2, 0) is 67.4 Å². The zero-order chi connectivity index (χ0) is 58.5. The number of Topliss-reactive ketones (excluding diaryl/α,β-unsaturated/α-hetero) is 3. The zero-order valence-electron chi connectivity index (χ0n) is 47.5. The second kappa shape index (κ2) is 33.0. The number of hydrogen-bond donors (Lipinski definition) is 6. The van der Waals surface area contributed by atoms with E-state index in [2.05, 4.69) is 5.14 Å². The van der Waals surface area contributed by atoms with E-state index < -0.39 is 87.8 Å². The molecule has 9 unspecified atom stereocenters. The maximum Gasteiger partial charge on any atom is 0.329 e. The minimum Gasteiger partial charge on any atom is -0.460 e. The largest absolute Gasteiger partial charge is 0.460 e. The highest BCUT2D eigenvalue weighted by molar-refractivity contribution is 7.87. The van der Waals surface area contributed by atoms with Gasteiger partial charge in [0.2, 0.25) is 12.2 Å². The van der Waals surface area contributed by atoms with Crippen LogP contribution in [0.25, 0.3) is 0 Å². The Morgan fingerprint density at radius 1 is 0.885 bits per heavy atom. The van der Waals surface area contributed by atoms with E-state index in [1.807, 2.05) is 51.2 Å². The third kappa shape index (κ3) is 19.9. The van der Waals surface area contributed by atoms with Crippen molar-refractivity contribution in [2.45, 2.75) is 180 Å². The van der Waals surface area contributed by atoms with Crippen molar-refractivity contribution in [3.05, 3.63) is 47.6 Å². The fourth-order valence-corrected chi connectivity index (χ4v) is 11.6. The Labute approximate surface area is 461 Å². The quantitative estimate of drug-likeness (QED) is 0.0915. The van der Waals surface area contributed by atoms with Gasteiger partial charge in [0.05, 0.1) is 31.0 Å². The summed E-state index contributed by atoms with van der Waals surface area (Å²) < 4.78 is 55.0. The van der Waals surface area contributed by atoms with Gasteiger partial charge in [0, 0.05) is 71.7 Å². The predicted molar refractivity (Wildman–Crippen MR) is 289 cm³/mol. The van der Waals surface area contributed by atoms with E-state index in [4.69, 9.17) is 38.6 Å². The van der Waals surface area contributed by atoms with Gasteiger partial charge in [-0.05, 0) is 114 Å². The summed E-state index contributed by atoms with van der Waals surface area (Å²) in [6.45, 7) is 12.4. The number of ketones is 3. The summed E-state index contributed by atoms with van der Waals surface area (Å²) in [5, 5.41) is 43.2. The first-order valence-electron chi connectivity index (χ1n) is 27.3. The van der Waals surface area contributed by atoms with E-state index in [1.54, 1.807) is 41.1 Å². The number of aliphatic hydroxyl groups is 4. The maximum atomic E-state index is 14.4. The van der Waals surface area contributed by atoms with E-state index in [0.29, 0.717) is 70.0 Å². The molecule has 22 heteroatoms. The van der Waals surface area contributed by atoms with Crippen LogP contribution in [0.1, 0.15) is 125 Å². The molecule has 4 bridgehead atoms. The van der Waals surface area contributed by atoms with Gasteiger partial charge >= 0.3 is 5.97 Å². The van der Waals surface area contributed by atoms with E-state index >= 15 is 0 Å². The number of esters is 1. The first-order chi connectivity index (χ1) is 36.9. The van der Waals surface area contributed by atoms with Crippen LogP contribution in [-0.4, -0.2) is 172 Å². The third-order valence-corrected chi connectivity index (χ3v) is 16.3. The van der Waals surface area contributed by atoms with Crippen LogP contribution in [0.2, 0.25) is 0 Å². The lowest BCUT2D eigenvalue weighted by atomic mass is 9.68. The number of carbonyl (C=O) groups excluding carboxylic acids is 6. The molecule has 16 atom stereocenters. The van der Waals surface area contributed by atoms with E-state index in [9.17, 15) is 47.4 Å². The summed E-state index contributed by atoms with van der Waals surface area (Å²) in [7, 11) is 1.95. The van der Waals surface area contributed by atoms with Gasteiger partial charge in [-0.1, -0.05) is 69.7 Å². The van der Waals surface area contributed by atoms with Crippen molar-refractivity contribution in [3.63, 3.8) is 0 Å². The average Bonchev–Trinajstić information content (AvgIpc) is 3.91. The molecule has 2 amide bonds. The van der Waals surface area contributed by atoms with Gasteiger partial charge in [-0.2, -0.15) is 8.42 Å². The topological polar surface area (TPSA) is 314 Å². The van der Waals surface area contributed by atoms with Crippen molar-refractivity contribution in [2.24, 2.45) is 46.6 Å². The van der Waals surface area contributed by atoms with E-state index in [1.165, 1.54) is 16.7 Å². The lowest BCUT2D eigenvalue weighted by Crippen LogP contribution is -2.65. The average molecular weight is 1130 g/mol. The van der Waals surface area contributed by atoms with Crippen LogP contribution in [0.15, 0.2) is 47.6 Å². The number of methoxy groups -OCH3 is 3. The number of carbonyl (C=O) groups is 6. The Bertz CT molecular complexity index is 2200. The molecule has 1 saturated carbocycles. The number of amides is 2. The Morgan fingerprint density at radius 2 is 1.58 bits per heavy atom. The standard InChI is InChI=1S/C50H75NO12.C4H8O2.CH4N2O3S.CH4O/c1-29-14-11-10-12-15-30(2)24-32(4)44(53)46(61-9)45(54)33(5)25-31(3)39(52)28-41-38(26-35-19-22-40(59-7)42(27-35)60-8)37-16-13-23-51(43(37)49(57)62-41)48(56)47(55)50(58)34(6)18-21-36(63-50)20-17-29;5-4-1-2-6-3-4;2-7(5,6)3-1-4;1-2/h10-12,14-15,25,30-32,34-38,40-43,45-46,54,58H,13,16-24,26-28H2,1-9H3;4-5H,1-3H2;1H,(H,3,4)(H2,2,5,6);2H,1H3/b11-10+,15-12+,29-14+,33-25+;;;/t30-,31-,32?,34?,35?,36-,37-,38?,40-,41+,42?,43?,45?,46+,50?;;;/m1.../s1. The molecule has 6 rings (SSSR count). The highest BCUT2D eigenvalue weighted by Crippen LogP contribution is 2.45. The second-order valence-electron chi connectivity index (χ2n) is 21.7. The fourth-order valence-electron chi connectivity index (χ4n) is 11.5. The monoisotopic (exact) mass is 1130 g/mol. The summed E-state index contributed by atoms with van der Waals surface area (Å²) in [6, 6.07) is -1.08. The molecule has 0 aromatic rings. The van der Waals surface area contributed by atoms with Gasteiger partial charge in [-0.3, -0.25) is 24.0 Å². The van der Waals surface area contributed by atoms with Gasteiger partial charge in [0.15, 0.2) is 5.78 Å². The first-order valence-corrected chi connectivity index (χ1v) is 28.9. The number of piperidine rings is 1. The van der Waals surface area contributed by atoms with Crippen LogP contribution >= 0.6 is 0 Å². The molecular formula is C56H91N3O18S. The minimum absolute atomic E-state index is 0.00463. The lowest BCUT2D eigenvalue weighted by Gasteiger charge is -2.50. The first kappa shape index (κ1) is 68.2. The SMILES string of the molecule is CO.COC1CC(CC2[C@H]3CCCN4C(=O)C(=O)C5(O)O[C@H](CC/C(C)=C/C=C/C=C/[C@@H](C)CC(C)C(=O)[C@H](OC)C(O)/C(C)=C/[C@@H](C)C(=O)C[C@@H]2OC(=O)C34)CCC5C)CC[C@H]1OC.NS(=O)(=O)NC=O.OC1CCOC1. The highest BCUT2D eigenvalue weighted by atomic mass is 32.2. The number of aliphatic hydroxyl groups excluding tert-OH is 3. The van der Waals surface area contributed by atoms with Gasteiger partial charge < -0.3 is 53.7 Å². The van der Waals surface area contributed by atoms with Crippen LogP contribution in [0.3, 0.4) is 0 Å². The second-order valence-corrected chi connectivity index (χ2v) is 23.0. The molecule has 7 N–H and O–H groups in total. The van der Waals surface area contributed by atoms with Crippen molar-refractivity contribution in [1.29, 1.82) is 0 Å². The molecule has 6 aliphatic rings.